The van der Waals surface area contributed by atoms with Gasteiger partial charge in [0.2, 0.25) is 0 Å². The SMILES string of the molecule is Cc1ccc(N(C)C(CN)c2cccc(C3CC3)c2)cc1. The minimum absolute atomic E-state index is 0.228. The van der Waals surface area contributed by atoms with Crippen LogP contribution in [0.3, 0.4) is 0 Å². The monoisotopic (exact) mass is 280 g/mol. The summed E-state index contributed by atoms with van der Waals surface area (Å²) in [5.41, 5.74) is 11.4. The number of benzene rings is 2. The molecule has 1 fully saturated rings. The van der Waals surface area contributed by atoms with E-state index in [0.29, 0.717) is 6.54 Å². The number of hydrogen-bond donors (Lipinski definition) is 1. The van der Waals surface area contributed by atoms with Gasteiger partial charge in [0.15, 0.2) is 0 Å². The third-order valence-corrected chi connectivity index (χ3v) is 4.48. The fourth-order valence-electron chi connectivity index (χ4n) is 2.91. The summed E-state index contributed by atoms with van der Waals surface area (Å²) in [4.78, 5) is 2.28. The highest BCUT2D eigenvalue weighted by Gasteiger charge is 2.24. The number of aryl methyl sites for hydroxylation is 1. The van der Waals surface area contributed by atoms with Gasteiger partial charge < -0.3 is 10.6 Å². The Morgan fingerprint density at radius 3 is 2.48 bits per heavy atom. The number of likely N-dealkylation sites (N-methyl/N-ethyl adjacent to an activating group) is 1. The maximum Gasteiger partial charge on any atom is 0.0661 e. The first-order valence-corrected chi connectivity index (χ1v) is 7.78. The van der Waals surface area contributed by atoms with E-state index in [1.54, 1.807) is 0 Å². The number of rotatable bonds is 5. The van der Waals surface area contributed by atoms with Gasteiger partial charge in [-0.15, -0.1) is 0 Å². The molecular weight excluding hydrogens is 256 g/mol. The Bertz CT molecular complexity index is 599. The average molecular weight is 280 g/mol. The number of anilines is 1. The van der Waals surface area contributed by atoms with E-state index in [4.69, 9.17) is 5.73 Å². The molecule has 0 aromatic heterocycles. The minimum atomic E-state index is 0.228. The van der Waals surface area contributed by atoms with Crippen LogP contribution in [0.25, 0.3) is 0 Å². The highest BCUT2D eigenvalue weighted by atomic mass is 15.1. The summed E-state index contributed by atoms with van der Waals surface area (Å²) in [6, 6.07) is 17.8. The molecule has 1 aliphatic rings. The molecule has 2 aromatic carbocycles. The zero-order valence-electron chi connectivity index (χ0n) is 12.9. The third kappa shape index (κ3) is 3.11. The van der Waals surface area contributed by atoms with Gasteiger partial charge in [-0.1, -0.05) is 42.0 Å². The molecule has 3 rings (SSSR count). The molecule has 1 aliphatic carbocycles. The smallest absolute Gasteiger partial charge is 0.0661 e. The van der Waals surface area contributed by atoms with Crippen LogP contribution in [0.4, 0.5) is 5.69 Å². The lowest BCUT2D eigenvalue weighted by Gasteiger charge is -2.30. The summed E-state index contributed by atoms with van der Waals surface area (Å²) in [7, 11) is 2.13. The standard InChI is InChI=1S/C19H24N2/c1-14-6-10-18(11-7-14)21(2)19(13-20)17-5-3-4-16(12-17)15-8-9-15/h3-7,10-12,15,19H,8-9,13,20H2,1-2H3. The first-order valence-electron chi connectivity index (χ1n) is 7.78. The second kappa shape index (κ2) is 5.90. The molecule has 0 amide bonds. The van der Waals surface area contributed by atoms with Crippen LogP contribution < -0.4 is 10.6 Å². The topological polar surface area (TPSA) is 29.3 Å². The molecule has 0 aliphatic heterocycles. The van der Waals surface area contributed by atoms with Crippen molar-refractivity contribution in [2.45, 2.75) is 31.7 Å². The Kier molecular flexibility index (Phi) is 3.98. The highest BCUT2D eigenvalue weighted by Crippen LogP contribution is 2.41. The highest BCUT2D eigenvalue weighted by molar-refractivity contribution is 5.49. The molecule has 2 heteroatoms. The molecule has 1 unspecified atom stereocenters. The van der Waals surface area contributed by atoms with Gasteiger partial charge in [0.05, 0.1) is 6.04 Å². The Balaban J connectivity index is 1.86. The van der Waals surface area contributed by atoms with Crippen molar-refractivity contribution in [2.75, 3.05) is 18.5 Å². The van der Waals surface area contributed by atoms with Crippen molar-refractivity contribution in [2.24, 2.45) is 5.73 Å². The Labute approximate surface area is 127 Å². The molecule has 110 valence electrons. The summed E-state index contributed by atoms with van der Waals surface area (Å²) in [5.74, 6) is 0.785. The van der Waals surface area contributed by atoms with Gasteiger partial charge in [0.25, 0.3) is 0 Å². The maximum absolute atomic E-state index is 6.07. The van der Waals surface area contributed by atoms with E-state index in [-0.39, 0.29) is 6.04 Å². The van der Waals surface area contributed by atoms with Crippen LogP contribution in [0.15, 0.2) is 48.5 Å². The number of nitrogens with two attached hydrogens (primary N) is 1. The molecule has 0 heterocycles. The van der Waals surface area contributed by atoms with Gasteiger partial charge in [0.1, 0.15) is 0 Å². The first-order chi connectivity index (χ1) is 10.2. The summed E-state index contributed by atoms with van der Waals surface area (Å²) in [6.07, 6.45) is 2.68. The zero-order chi connectivity index (χ0) is 14.8. The third-order valence-electron chi connectivity index (χ3n) is 4.48. The molecule has 0 saturated heterocycles. The maximum atomic E-state index is 6.07. The van der Waals surface area contributed by atoms with Crippen molar-refractivity contribution in [1.29, 1.82) is 0 Å². The van der Waals surface area contributed by atoms with Crippen molar-refractivity contribution < 1.29 is 0 Å². The zero-order valence-corrected chi connectivity index (χ0v) is 12.9. The van der Waals surface area contributed by atoms with Gasteiger partial charge in [-0.25, -0.2) is 0 Å². The average Bonchev–Trinajstić information content (AvgIpc) is 3.34. The van der Waals surface area contributed by atoms with E-state index in [0.717, 1.165) is 5.92 Å². The Morgan fingerprint density at radius 2 is 1.86 bits per heavy atom. The second-order valence-electron chi connectivity index (χ2n) is 6.14. The molecule has 0 spiro atoms. The van der Waals surface area contributed by atoms with Crippen molar-refractivity contribution in [3.05, 3.63) is 65.2 Å². The van der Waals surface area contributed by atoms with Crippen molar-refractivity contribution in [3.8, 4) is 0 Å². The van der Waals surface area contributed by atoms with Crippen LogP contribution in [0.2, 0.25) is 0 Å². The lowest BCUT2D eigenvalue weighted by molar-refractivity contribution is 0.679. The van der Waals surface area contributed by atoms with Crippen LogP contribution in [-0.2, 0) is 0 Å². The quantitative estimate of drug-likeness (QED) is 0.896. The largest absolute Gasteiger partial charge is 0.366 e. The van der Waals surface area contributed by atoms with E-state index in [1.807, 2.05) is 0 Å². The van der Waals surface area contributed by atoms with Gasteiger partial charge >= 0.3 is 0 Å². The predicted molar refractivity (Wildman–Crippen MR) is 89.8 cm³/mol. The molecule has 2 nitrogen and oxygen atoms in total. The molecule has 2 aromatic rings. The van der Waals surface area contributed by atoms with Gasteiger partial charge in [-0.3, -0.25) is 0 Å². The minimum Gasteiger partial charge on any atom is -0.366 e. The lowest BCUT2D eigenvalue weighted by atomic mass is 10.00. The number of nitrogens with zero attached hydrogens (tertiary/aromatic N) is 1. The Morgan fingerprint density at radius 1 is 1.14 bits per heavy atom. The first kappa shape index (κ1) is 14.2. The summed E-state index contributed by atoms with van der Waals surface area (Å²) < 4.78 is 0. The molecular formula is C19H24N2. The van der Waals surface area contributed by atoms with Crippen LogP contribution in [-0.4, -0.2) is 13.6 Å². The van der Waals surface area contributed by atoms with Gasteiger partial charge in [0, 0.05) is 19.3 Å². The van der Waals surface area contributed by atoms with Crippen molar-refractivity contribution >= 4 is 5.69 Å². The van der Waals surface area contributed by atoms with Crippen molar-refractivity contribution in [3.63, 3.8) is 0 Å². The molecule has 21 heavy (non-hydrogen) atoms. The molecule has 0 bridgehead atoms. The van der Waals surface area contributed by atoms with E-state index >= 15 is 0 Å². The van der Waals surface area contributed by atoms with Crippen LogP contribution in [0.1, 0.15) is 41.5 Å². The number of hydrogen-bond acceptors (Lipinski definition) is 2. The fraction of sp³-hybridized carbons (Fsp3) is 0.368. The molecule has 1 atom stereocenters. The fourth-order valence-corrected chi connectivity index (χ4v) is 2.91. The van der Waals surface area contributed by atoms with E-state index in [1.165, 1.54) is 35.2 Å². The van der Waals surface area contributed by atoms with Gasteiger partial charge in [-0.05, 0) is 48.9 Å². The summed E-state index contributed by atoms with van der Waals surface area (Å²) in [6.45, 7) is 2.74. The van der Waals surface area contributed by atoms with E-state index < -0.39 is 0 Å². The van der Waals surface area contributed by atoms with Crippen LogP contribution >= 0.6 is 0 Å². The lowest BCUT2D eigenvalue weighted by Crippen LogP contribution is -2.30. The molecule has 0 radical (unpaired) electrons. The van der Waals surface area contributed by atoms with E-state index in [2.05, 4.69) is 67.4 Å². The van der Waals surface area contributed by atoms with Crippen LogP contribution in [0.5, 0.6) is 0 Å². The molecule has 1 saturated carbocycles. The Hall–Kier alpha value is -1.80. The van der Waals surface area contributed by atoms with E-state index in [9.17, 15) is 0 Å². The van der Waals surface area contributed by atoms with Gasteiger partial charge in [-0.2, -0.15) is 0 Å². The summed E-state index contributed by atoms with van der Waals surface area (Å²) >= 11 is 0. The second-order valence-corrected chi connectivity index (χ2v) is 6.14. The van der Waals surface area contributed by atoms with Crippen LogP contribution in [0, 0.1) is 6.92 Å². The van der Waals surface area contributed by atoms with Crippen molar-refractivity contribution in [1.82, 2.24) is 0 Å². The molecule has 2 N–H and O–H groups in total. The predicted octanol–water partition coefficient (Wildman–Crippen LogP) is 4.01. The summed E-state index contributed by atoms with van der Waals surface area (Å²) in [5, 5.41) is 0. The normalized spacial score (nSPS) is 15.8.